The molecule has 1 aliphatic rings. The molecule has 5 nitrogen and oxygen atoms in total. The van der Waals surface area contributed by atoms with Crippen LogP contribution in [0.15, 0.2) is 18.3 Å². The Labute approximate surface area is 107 Å². The number of aliphatic hydroxyl groups is 1. The van der Waals surface area contributed by atoms with E-state index in [1.807, 2.05) is 18.0 Å². The number of aryl methyl sites for hydroxylation is 1. The number of hydrogen-bond donors (Lipinski definition) is 1. The number of amides is 1. The Morgan fingerprint density at radius 2 is 2.50 bits per heavy atom. The lowest BCUT2D eigenvalue weighted by atomic mass is 10.1. The van der Waals surface area contributed by atoms with Crippen molar-refractivity contribution in [2.24, 2.45) is 13.0 Å². The van der Waals surface area contributed by atoms with Crippen LogP contribution in [-0.4, -0.2) is 45.4 Å². The minimum atomic E-state index is 0.0386. The lowest BCUT2D eigenvalue weighted by Gasteiger charge is -2.13. The van der Waals surface area contributed by atoms with Crippen LogP contribution in [0.4, 0.5) is 0 Å². The molecule has 1 unspecified atom stereocenters. The Hall–Kier alpha value is -1.62. The zero-order chi connectivity index (χ0) is 13.0. The molecule has 2 heterocycles. The van der Waals surface area contributed by atoms with Crippen LogP contribution in [0.1, 0.15) is 18.5 Å². The number of aliphatic hydroxyl groups excluding tert-OH is 1. The zero-order valence-corrected chi connectivity index (χ0v) is 10.6. The number of rotatable bonds is 4. The Morgan fingerprint density at radius 3 is 3.17 bits per heavy atom. The minimum absolute atomic E-state index is 0.0386. The SMILES string of the molecule is Cn1nccc1/C=C/C(=O)N1CCC(CCO)C1. The van der Waals surface area contributed by atoms with Gasteiger partial charge in [0.15, 0.2) is 0 Å². The topological polar surface area (TPSA) is 58.4 Å². The van der Waals surface area contributed by atoms with Gasteiger partial charge in [-0.3, -0.25) is 9.48 Å². The van der Waals surface area contributed by atoms with Crippen LogP contribution in [0.2, 0.25) is 0 Å². The molecule has 0 bridgehead atoms. The van der Waals surface area contributed by atoms with Crippen molar-refractivity contribution in [1.29, 1.82) is 0 Å². The van der Waals surface area contributed by atoms with Gasteiger partial charge in [-0.25, -0.2) is 0 Å². The summed E-state index contributed by atoms with van der Waals surface area (Å²) in [6.07, 6.45) is 6.87. The van der Waals surface area contributed by atoms with Crippen LogP contribution in [0, 0.1) is 5.92 Å². The molecule has 1 aromatic heterocycles. The van der Waals surface area contributed by atoms with Gasteiger partial charge in [-0.1, -0.05) is 0 Å². The third-order valence-electron chi connectivity index (χ3n) is 3.39. The van der Waals surface area contributed by atoms with Crippen LogP contribution in [0.25, 0.3) is 6.08 Å². The van der Waals surface area contributed by atoms with Crippen LogP contribution < -0.4 is 0 Å². The third kappa shape index (κ3) is 2.98. The Balaban J connectivity index is 1.89. The van der Waals surface area contributed by atoms with E-state index in [9.17, 15) is 4.79 Å². The lowest BCUT2D eigenvalue weighted by Crippen LogP contribution is -2.26. The fourth-order valence-electron chi connectivity index (χ4n) is 2.26. The summed E-state index contributed by atoms with van der Waals surface area (Å²) in [7, 11) is 1.84. The number of aromatic nitrogens is 2. The molecule has 5 heteroatoms. The van der Waals surface area contributed by atoms with Crippen molar-refractivity contribution in [3.63, 3.8) is 0 Å². The first-order valence-electron chi connectivity index (χ1n) is 6.26. The van der Waals surface area contributed by atoms with Gasteiger partial charge in [0.2, 0.25) is 5.91 Å². The van der Waals surface area contributed by atoms with Crippen molar-refractivity contribution in [3.8, 4) is 0 Å². The number of nitrogens with zero attached hydrogens (tertiary/aromatic N) is 3. The fraction of sp³-hybridized carbons (Fsp3) is 0.538. The molecule has 1 amide bonds. The second kappa shape index (κ2) is 5.82. The summed E-state index contributed by atoms with van der Waals surface area (Å²) >= 11 is 0. The maximum absolute atomic E-state index is 11.9. The molecule has 0 aliphatic carbocycles. The van der Waals surface area contributed by atoms with Crippen LogP contribution in [0.5, 0.6) is 0 Å². The molecule has 0 spiro atoms. The van der Waals surface area contributed by atoms with E-state index < -0.39 is 0 Å². The number of carbonyl (C=O) groups excluding carboxylic acids is 1. The molecule has 1 aliphatic heterocycles. The molecule has 1 N–H and O–H groups in total. The Morgan fingerprint density at radius 1 is 1.67 bits per heavy atom. The number of carbonyl (C=O) groups is 1. The average molecular weight is 249 g/mol. The van der Waals surface area contributed by atoms with E-state index in [2.05, 4.69) is 5.10 Å². The van der Waals surface area contributed by atoms with Crippen molar-refractivity contribution in [2.75, 3.05) is 19.7 Å². The van der Waals surface area contributed by atoms with Gasteiger partial charge in [0.05, 0.1) is 5.69 Å². The van der Waals surface area contributed by atoms with E-state index >= 15 is 0 Å². The summed E-state index contributed by atoms with van der Waals surface area (Å²) in [5.41, 5.74) is 0.912. The average Bonchev–Trinajstić information content (AvgIpc) is 2.96. The van der Waals surface area contributed by atoms with Crippen LogP contribution >= 0.6 is 0 Å². The van der Waals surface area contributed by atoms with E-state index in [-0.39, 0.29) is 12.5 Å². The first-order valence-corrected chi connectivity index (χ1v) is 6.26. The van der Waals surface area contributed by atoms with Crippen molar-refractivity contribution in [3.05, 3.63) is 24.0 Å². The van der Waals surface area contributed by atoms with E-state index in [1.165, 1.54) is 0 Å². The standard InChI is InChI=1S/C13H19N3O2/c1-15-12(4-7-14-15)2-3-13(18)16-8-5-11(10-16)6-9-17/h2-4,7,11,17H,5-6,8-10H2,1H3/b3-2+. The molecule has 18 heavy (non-hydrogen) atoms. The zero-order valence-electron chi connectivity index (χ0n) is 10.6. The molecule has 1 atom stereocenters. The van der Waals surface area contributed by atoms with E-state index in [0.717, 1.165) is 31.6 Å². The summed E-state index contributed by atoms with van der Waals surface area (Å²) in [6.45, 7) is 1.76. The quantitative estimate of drug-likeness (QED) is 0.798. The Bertz CT molecular complexity index is 439. The minimum Gasteiger partial charge on any atom is -0.396 e. The molecule has 1 aromatic rings. The maximum atomic E-state index is 11.9. The van der Waals surface area contributed by atoms with Gasteiger partial charge in [-0.2, -0.15) is 5.10 Å². The fourth-order valence-corrected chi connectivity index (χ4v) is 2.26. The van der Waals surface area contributed by atoms with Gasteiger partial charge in [-0.05, 0) is 30.9 Å². The highest BCUT2D eigenvalue weighted by Crippen LogP contribution is 2.19. The highest BCUT2D eigenvalue weighted by molar-refractivity contribution is 5.91. The molecular weight excluding hydrogens is 230 g/mol. The highest BCUT2D eigenvalue weighted by Gasteiger charge is 2.24. The second-order valence-corrected chi connectivity index (χ2v) is 4.66. The molecule has 98 valence electrons. The number of hydrogen-bond acceptors (Lipinski definition) is 3. The predicted octanol–water partition coefficient (Wildman–Crippen LogP) is 0.664. The predicted molar refractivity (Wildman–Crippen MR) is 68.6 cm³/mol. The van der Waals surface area contributed by atoms with E-state index in [0.29, 0.717) is 5.92 Å². The highest BCUT2D eigenvalue weighted by atomic mass is 16.3. The van der Waals surface area contributed by atoms with Crippen molar-refractivity contribution < 1.29 is 9.90 Å². The maximum Gasteiger partial charge on any atom is 0.246 e. The molecule has 2 rings (SSSR count). The molecular formula is C13H19N3O2. The van der Waals surface area contributed by atoms with E-state index in [4.69, 9.17) is 5.11 Å². The molecule has 1 saturated heterocycles. The lowest BCUT2D eigenvalue weighted by molar-refractivity contribution is -0.125. The van der Waals surface area contributed by atoms with Crippen molar-refractivity contribution >= 4 is 12.0 Å². The number of likely N-dealkylation sites (tertiary alicyclic amines) is 1. The summed E-state index contributed by atoms with van der Waals surface area (Å²) in [5.74, 6) is 0.487. The summed E-state index contributed by atoms with van der Waals surface area (Å²) in [6, 6.07) is 1.86. The van der Waals surface area contributed by atoms with Crippen LogP contribution in [-0.2, 0) is 11.8 Å². The summed E-state index contributed by atoms with van der Waals surface area (Å²) < 4.78 is 1.72. The van der Waals surface area contributed by atoms with Crippen molar-refractivity contribution in [2.45, 2.75) is 12.8 Å². The van der Waals surface area contributed by atoms with Gasteiger partial charge in [-0.15, -0.1) is 0 Å². The van der Waals surface area contributed by atoms with Crippen LogP contribution in [0.3, 0.4) is 0 Å². The smallest absolute Gasteiger partial charge is 0.246 e. The van der Waals surface area contributed by atoms with Gasteiger partial charge >= 0.3 is 0 Å². The summed E-state index contributed by atoms with van der Waals surface area (Å²) in [5, 5.41) is 12.9. The van der Waals surface area contributed by atoms with E-state index in [1.54, 1.807) is 23.0 Å². The third-order valence-corrected chi connectivity index (χ3v) is 3.39. The van der Waals surface area contributed by atoms with Gasteiger partial charge in [0.25, 0.3) is 0 Å². The normalized spacial score (nSPS) is 19.9. The molecule has 0 aromatic carbocycles. The van der Waals surface area contributed by atoms with Gasteiger partial charge < -0.3 is 10.0 Å². The largest absolute Gasteiger partial charge is 0.396 e. The van der Waals surface area contributed by atoms with Gasteiger partial charge in [0.1, 0.15) is 0 Å². The van der Waals surface area contributed by atoms with Gasteiger partial charge in [0, 0.05) is 39.0 Å². The summed E-state index contributed by atoms with van der Waals surface area (Å²) in [4.78, 5) is 13.8. The second-order valence-electron chi connectivity index (χ2n) is 4.66. The first kappa shape index (κ1) is 12.8. The monoisotopic (exact) mass is 249 g/mol. The van der Waals surface area contributed by atoms with Crippen molar-refractivity contribution in [1.82, 2.24) is 14.7 Å². The molecule has 1 fully saturated rings. The first-order chi connectivity index (χ1) is 8.70. The molecule has 0 saturated carbocycles. The Kier molecular flexibility index (Phi) is 4.15. The molecule has 0 radical (unpaired) electrons.